The number of amides is 1. The van der Waals surface area contributed by atoms with Gasteiger partial charge in [0.15, 0.2) is 0 Å². The van der Waals surface area contributed by atoms with Gasteiger partial charge in [-0.15, -0.1) is 23.4 Å². The molecular formula is C20H37ClN2O5S. The van der Waals surface area contributed by atoms with E-state index in [0.717, 1.165) is 38.8 Å². The van der Waals surface area contributed by atoms with E-state index in [0.29, 0.717) is 5.92 Å². The monoisotopic (exact) mass is 452 g/mol. The molecule has 2 heterocycles. The largest absolute Gasteiger partial charge is 0.388 e. The Morgan fingerprint density at radius 2 is 1.97 bits per heavy atom. The van der Waals surface area contributed by atoms with Crippen LogP contribution < -0.4 is 5.32 Å². The lowest BCUT2D eigenvalue weighted by atomic mass is 9.92. The maximum atomic E-state index is 13.1. The fraction of sp³-hybridized carbons (Fsp3) is 0.950. The first-order chi connectivity index (χ1) is 13.7. The van der Waals surface area contributed by atoms with Crippen LogP contribution in [0.4, 0.5) is 0 Å². The van der Waals surface area contributed by atoms with Gasteiger partial charge in [-0.1, -0.05) is 26.7 Å². The van der Waals surface area contributed by atoms with E-state index in [2.05, 4.69) is 24.1 Å². The minimum Gasteiger partial charge on any atom is -0.388 e. The summed E-state index contributed by atoms with van der Waals surface area (Å²) >= 11 is 7.61. The van der Waals surface area contributed by atoms with Gasteiger partial charge in [-0.25, -0.2) is 0 Å². The molecule has 4 N–H and O–H groups in total. The van der Waals surface area contributed by atoms with Crippen molar-refractivity contribution in [3.05, 3.63) is 0 Å². The number of aliphatic hydroxyl groups excluding tert-OH is 3. The van der Waals surface area contributed by atoms with Gasteiger partial charge >= 0.3 is 0 Å². The van der Waals surface area contributed by atoms with E-state index in [9.17, 15) is 20.1 Å². The number of carbonyl (C=O) groups excluding carboxylic acids is 1. The summed E-state index contributed by atoms with van der Waals surface area (Å²) in [6.45, 7) is 7.66. The summed E-state index contributed by atoms with van der Waals surface area (Å²) in [7, 11) is 0. The maximum Gasteiger partial charge on any atom is 0.237 e. The van der Waals surface area contributed by atoms with Crippen LogP contribution in [0.25, 0.3) is 0 Å². The number of likely N-dealkylation sites (N-methyl/N-ethyl adjacent to an activating group) is 1. The Morgan fingerprint density at radius 3 is 2.52 bits per heavy atom. The SMILES string of the molecule is CCCCC1CC(C(=O)NC(C(C)Cl)C2OC(SC)C(O)C(O)C2O)N(CC)C1. The number of nitrogens with zero attached hydrogens (tertiary/aromatic N) is 1. The molecule has 9 unspecified atom stereocenters. The first kappa shape index (κ1) is 25.2. The Kier molecular flexibility index (Phi) is 9.99. The molecule has 0 spiro atoms. The van der Waals surface area contributed by atoms with Crippen LogP contribution in [-0.2, 0) is 9.53 Å². The molecule has 9 atom stereocenters. The quantitative estimate of drug-likeness (QED) is 0.389. The molecule has 2 aliphatic rings. The maximum absolute atomic E-state index is 13.1. The molecule has 9 heteroatoms. The first-order valence-corrected chi connectivity index (χ1v) is 12.4. The highest BCUT2D eigenvalue weighted by Gasteiger charge is 2.48. The van der Waals surface area contributed by atoms with Gasteiger partial charge in [0.2, 0.25) is 5.91 Å². The van der Waals surface area contributed by atoms with E-state index in [4.69, 9.17) is 16.3 Å². The van der Waals surface area contributed by atoms with Crippen LogP contribution in [0, 0.1) is 5.92 Å². The molecule has 29 heavy (non-hydrogen) atoms. The van der Waals surface area contributed by atoms with E-state index in [1.807, 2.05) is 0 Å². The van der Waals surface area contributed by atoms with Crippen LogP contribution in [0.5, 0.6) is 0 Å². The van der Waals surface area contributed by atoms with Crippen molar-refractivity contribution in [1.82, 2.24) is 10.2 Å². The second kappa shape index (κ2) is 11.5. The van der Waals surface area contributed by atoms with Crippen LogP contribution in [0.2, 0.25) is 0 Å². The van der Waals surface area contributed by atoms with Crippen molar-refractivity contribution in [3.63, 3.8) is 0 Å². The van der Waals surface area contributed by atoms with Gasteiger partial charge in [-0.3, -0.25) is 9.69 Å². The van der Waals surface area contributed by atoms with Crippen molar-refractivity contribution < 1.29 is 24.9 Å². The van der Waals surface area contributed by atoms with Gasteiger partial charge in [0.05, 0.1) is 17.5 Å². The zero-order chi connectivity index (χ0) is 21.7. The molecule has 7 nitrogen and oxygen atoms in total. The van der Waals surface area contributed by atoms with Crippen LogP contribution in [-0.4, -0.2) is 92.8 Å². The predicted molar refractivity (Wildman–Crippen MR) is 116 cm³/mol. The number of rotatable bonds is 9. The van der Waals surface area contributed by atoms with Gasteiger partial charge in [0, 0.05) is 6.54 Å². The lowest BCUT2D eigenvalue weighted by molar-refractivity contribution is -0.205. The molecule has 0 aromatic rings. The van der Waals surface area contributed by atoms with Crippen molar-refractivity contribution in [2.75, 3.05) is 19.3 Å². The van der Waals surface area contributed by atoms with Crippen molar-refractivity contribution in [3.8, 4) is 0 Å². The second-order valence-corrected chi connectivity index (χ2v) is 9.86. The molecule has 0 aromatic carbocycles. The molecule has 0 aliphatic carbocycles. The number of aliphatic hydroxyl groups is 3. The number of alkyl halides is 1. The number of ether oxygens (including phenoxy) is 1. The number of likely N-dealkylation sites (tertiary alicyclic amines) is 1. The van der Waals surface area contributed by atoms with E-state index >= 15 is 0 Å². The molecule has 170 valence electrons. The number of halogens is 1. The second-order valence-electron chi connectivity index (χ2n) is 8.24. The first-order valence-electron chi connectivity index (χ1n) is 10.7. The van der Waals surface area contributed by atoms with Gasteiger partial charge in [-0.2, -0.15) is 0 Å². The van der Waals surface area contributed by atoms with Gasteiger partial charge < -0.3 is 25.4 Å². The Hall–Kier alpha value is -0.0900. The Balaban J connectivity index is 2.10. The molecule has 0 aromatic heterocycles. The summed E-state index contributed by atoms with van der Waals surface area (Å²) < 4.78 is 5.84. The zero-order valence-electron chi connectivity index (χ0n) is 17.8. The zero-order valence-corrected chi connectivity index (χ0v) is 19.4. The third-order valence-electron chi connectivity index (χ3n) is 6.16. The molecule has 1 amide bonds. The summed E-state index contributed by atoms with van der Waals surface area (Å²) in [6.07, 6.45) is 1.17. The molecular weight excluding hydrogens is 416 g/mol. The van der Waals surface area contributed by atoms with Crippen molar-refractivity contribution in [2.45, 2.75) is 93.8 Å². The lowest BCUT2D eigenvalue weighted by Crippen LogP contribution is -2.65. The Labute approximate surface area is 183 Å². The molecule has 2 fully saturated rings. The van der Waals surface area contributed by atoms with Crippen molar-refractivity contribution in [1.29, 1.82) is 0 Å². The summed E-state index contributed by atoms with van der Waals surface area (Å²) in [4.78, 5) is 15.3. The number of hydrogen-bond acceptors (Lipinski definition) is 7. The number of thioether (sulfide) groups is 1. The molecule has 0 saturated carbocycles. The fourth-order valence-electron chi connectivity index (χ4n) is 4.41. The summed E-state index contributed by atoms with van der Waals surface area (Å²) in [5.41, 5.74) is -0.703. The Bertz CT molecular complexity index is 527. The van der Waals surface area contributed by atoms with Gasteiger partial charge in [-0.05, 0) is 38.5 Å². The minimum atomic E-state index is -1.36. The number of nitrogens with one attached hydrogen (secondary N) is 1. The van der Waals surface area contributed by atoms with E-state index < -0.39 is 41.3 Å². The summed E-state index contributed by atoms with van der Waals surface area (Å²) in [5.74, 6) is 0.382. The predicted octanol–water partition coefficient (Wildman–Crippen LogP) is 1.17. The van der Waals surface area contributed by atoms with Gasteiger partial charge in [0.25, 0.3) is 0 Å². The number of carbonyl (C=O) groups is 1. The van der Waals surface area contributed by atoms with E-state index in [1.54, 1.807) is 13.2 Å². The van der Waals surface area contributed by atoms with E-state index in [1.165, 1.54) is 11.8 Å². The summed E-state index contributed by atoms with van der Waals surface area (Å²) in [6, 6.07) is -0.920. The standard InChI is InChI=1S/C20H37ClN2O5S/c1-5-7-8-12-9-13(23(6-2)10-12)19(27)22-14(11(3)21)18-16(25)15(24)17(26)20(28-18)29-4/h11-18,20,24-26H,5-10H2,1-4H3,(H,22,27). The normalized spacial score (nSPS) is 38.0. The van der Waals surface area contributed by atoms with Crippen LogP contribution in [0.3, 0.4) is 0 Å². The van der Waals surface area contributed by atoms with Gasteiger partial charge in [0.1, 0.15) is 29.9 Å². The number of hydrogen-bond donors (Lipinski definition) is 4. The molecule has 2 rings (SSSR count). The topological polar surface area (TPSA) is 102 Å². The Morgan fingerprint density at radius 1 is 1.28 bits per heavy atom. The molecule has 0 radical (unpaired) electrons. The van der Waals surface area contributed by atoms with Crippen LogP contribution >= 0.6 is 23.4 Å². The average Bonchev–Trinajstić information content (AvgIpc) is 3.12. The molecule has 2 saturated heterocycles. The van der Waals surface area contributed by atoms with Crippen LogP contribution in [0.1, 0.15) is 46.5 Å². The highest BCUT2D eigenvalue weighted by Crippen LogP contribution is 2.31. The third-order valence-corrected chi connectivity index (χ3v) is 7.29. The average molecular weight is 453 g/mol. The third kappa shape index (κ3) is 5.99. The smallest absolute Gasteiger partial charge is 0.237 e. The summed E-state index contributed by atoms with van der Waals surface area (Å²) in [5, 5.41) is 33.3. The van der Waals surface area contributed by atoms with E-state index in [-0.39, 0.29) is 11.9 Å². The van der Waals surface area contributed by atoms with Crippen LogP contribution in [0.15, 0.2) is 0 Å². The highest BCUT2D eigenvalue weighted by molar-refractivity contribution is 7.99. The van der Waals surface area contributed by atoms with Crippen molar-refractivity contribution in [2.24, 2.45) is 5.92 Å². The molecule has 2 aliphatic heterocycles. The number of unbranched alkanes of at least 4 members (excludes halogenated alkanes) is 1. The van der Waals surface area contributed by atoms with Crippen molar-refractivity contribution >= 4 is 29.3 Å². The fourth-order valence-corrected chi connectivity index (χ4v) is 5.29. The molecule has 0 bridgehead atoms. The minimum absolute atomic E-state index is 0.125. The lowest BCUT2D eigenvalue weighted by Gasteiger charge is -2.44. The highest BCUT2D eigenvalue weighted by atomic mass is 35.5.